The number of aryl methyl sites for hydroxylation is 1. The Labute approximate surface area is 134 Å². The normalized spacial score (nSPS) is 17.6. The van der Waals surface area contributed by atoms with E-state index < -0.39 is 0 Å². The van der Waals surface area contributed by atoms with Crippen LogP contribution >= 0.6 is 0 Å². The lowest BCUT2D eigenvalue weighted by Gasteiger charge is -2.23. The van der Waals surface area contributed by atoms with E-state index in [1.165, 1.54) is 0 Å². The Morgan fingerprint density at radius 2 is 2.43 bits per heavy atom. The molecule has 3 heterocycles. The number of aromatic nitrogens is 3. The quantitative estimate of drug-likeness (QED) is 0.619. The zero-order chi connectivity index (χ0) is 16.2. The number of hydrogen-bond acceptors (Lipinski definition) is 5. The third-order valence-electron chi connectivity index (χ3n) is 3.79. The topological polar surface area (TPSA) is 73.4 Å². The average molecular weight is 316 g/mol. The van der Waals surface area contributed by atoms with Gasteiger partial charge < -0.3 is 14.2 Å². The summed E-state index contributed by atoms with van der Waals surface area (Å²) >= 11 is 0. The van der Waals surface area contributed by atoms with E-state index in [-0.39, 0.29) is 11.8 Å². The molecule has 1 aliphatic rings. The minimum absolute atomic E-state index is 0.134. The molecule has 3 rings (SSSR count). The molecule has 0 bridgehead atoms. The summed E-state index contributed by atoms with van der Waals surface area (Å²) in [5.41, 5.74) is 1.34. The monoisotopic (exact) mass is 316 g/mol. The SMILES string of the molecule is C=CCOCC1CN(C(=O)c2cc(C)on2)Cc2ccnn2C1. The Balaban J connectivity index is 1.78. The second-order valence-corrected chi connectivity index (χ2v) is 5.71. The van der Waals surface area contributed by atoms with E-state index >= 15 is 0 Å². The summed E-state index contributed by atoms with van der Waals surface area (Å²) in [6.07, 6.45) is 3.47. The molecule has 0 N–H and O–H groups in total. The van der Waals surface area contributed by atoms with Crippen molar-refractivity contribution in [2.75, 3.05) is 19.8 Å². The van der Waals surface area contributed by atoms with Crippen molar-refractivity contribution in [3.8, 4) is 0 Å². The fourth-order valence-electron chi connectivity index (χ4n) is 2.74. The number of nitrogens with zero attached hydrogens (tertiary/aromatic N) is 4. The molecule has 7 nitrogen and oxygen atoms in total. The second kappa shape index (κ2) is 6.78. The summed E-state index contributed by atoms with van der Waals surface area (Å²) in [7, 11) is 0. The van der Waals surface area contributed by atoms with Gasteiger partial charge in [-0.05, 0) is 13.0 Å². The third-order valence-corrected chi connectivity index (χ3v) is 3.79. The molecule has 2 aromatic rings. The molecule has 1 amide bonds. The molecule has 1 aliphatic heterocycles. The lowest BCUT2D eigenvalue weighted by Crippen LogP contribution is -2.35. The number of hydrogen-bond donors (Lipinski definition) is 0. The van der Waals surface area contributed by atoms with Gasteiger partial charge in [0, 0.05) is 31.3 Å². The molecular formula is C16H20N4O3. The number of rotatable bonds is 5. The van der Waals surface area contributed by atoms with E-state index in [1.54, 1.807) is 30.2 Å². The molecule has 0 saturated carbocycles. The van der Waals surface area contributed by atoms with Crippen LogP contribution in [0.4, 0.5) is 0 Å². The van der Waals surface area contributed by atoms with Gasteiger partial charge in [-0.2, -0.15) is 5.10 Å². The van der Waals surface area contributed by atoms with Crippen LogP contribution in [-0.2, 0) is 17.8 Å². The van der Waals surface area contributed by atoms with Crippen LogP contribution in [0.5, 0.6) is 0 Å². The largest absolute Gasteiger partial charge is 0.377 e. The molecule has 0 spiro atoms. The number of carbonyl (C=O) groups is 1. The summed E-state index contributed by atoms with van der Waals surface area (Å²) in [5.74, 6) is 0.650. The Morgan fingerprint density at radius 1 is 1.57 bits per heavy atom. The first kappa shape index (κ1) is 15.5. The van der Waals surface area contributed by atoms with Crippen molar-refractivity contribution < 1.29 is 14.1 Å². The van der Waals surface area contributed by atoms with Gasteiger partial charge in [-0.25, -0.2) is 0 Å². The van der Waals surface area contributed by atoms with E-state index in [9.17, 15) is 4.79 Å². The Kier molecular flexibility index (Phi) is 4.57. The minimum Gasteiger partial charge on any atom is -0.377 e. The predicted molar refractivity (Wildman–Crippen MR) is 82.7 cm³/mol. The number of carbonyl (C=O) groups excluding carboxylic acids is 1. The van der Waals surface area contributed by atoms with Gasteiger partial charge in [-0.1, -0.05) is 11.2 Å². The molecule has 0 aliphatic carbocycles. The Morgan fingerprint density at radius 3 is 3.17 bits per heavy atom. The lowest BCUT2D eigenvalue weighted by atomic mass is 10.1. The van der Waals surface area contributed by atoms with Crippen molar-refractivity contribution in [1.29, 1.82) is 0 Å². The zero-order valence-corrected chi connectivity index (χ0v) is 13.1. The highest BCUT2D eigenvalue weighted by Crippen LogP contribution is 2.18. The number of ether oxygens (including phenoxy) is 1. The third kappa shape index (κ3) is 3.50. The molecule has 2 aromatic heterocycles. The number of amides is 1. The highest BCUT2D eigenvalue weighted by Gasteiger charge is 2.27. The van der Waals surface area contributed by atoms with Crippen molar-refractivity contribution in [2.45, 2.75) is 20.0 Å². The minimum atomic E-state index is -0.134. The summed E-state index contributed by atoms with van der Waals surface area (Å²) in [4.78, 5) is 14.5. The summed E-state index contributed by atoms with van der Waals surface area (Å²) in [6, 6.07) is 3.59. The Bertz CT molecular complexity index is 691. The van der Waals surface area contributed by atoms with Crippen LogP contribution in [0.3, 0.4) is 0 Å². The first-order chi connectivity index (χ1) is 11.2. The van der Waals surface area contributed by atoms with Crippen LogP contribution < -0.4 is 0 Å². The molecule has 7 heteroatoms. The van der Waals surface area contributed by atoms with Crippen LogP contribution in [0, 0.1) is 12.8 Å². The van der Waals surface area contributed by atoms with Gasteiger partial charge in [0.25, 0.3) is 5.91 Å². The van der Waals surface area contributed by atoms with Crippen molar-refractivity contribution >= 4 is 5.91 Å². The first-order valence-electron chi connectivity index (χ1n) is 7.59. The van der Waals surface area contributed by atoms with Gasteiger partial charge >= 0.3 is 0 Å². The van der Waals surface area contributed by atoms with Gasteiger partial charge in [-0.3, -0.25) is 9.48 Å². The molecule has 122 valence electrons. The molecular weight excluding hydrogens is 296 g/mol. The first-order valence-corrected chi connectivity index (χ1v) is 7.59. The highest BCUT2D eigenvalue weighted by molar-refractivity contribution is 5.92. The molecule has 0 aromatic carbocycles. The zero-order valence-electron chi connectivity index (χ0n) is 13.1. The number of fused-ring (bicyclic) bond motifs is 1. The maximum Gasteiger partial charge on any atom is 0.276 e. The summed E-state index contributed by atoms with van der Waals surface area (Å²) in [6.45, 7) is 8.28. The van der Waals surface area contributed by atoms with Gasteiger partial charge in [-0.15, -0.1) is 6.58 Å². The summed E-state index contributed by atoms with van der Waals surface area (Å²) < 4.78 is 12.5. The molecule has 0 fully saturated rings. The highest BCUT2D eigenvalue weighted by atomic mass is 16.5. The fraction of sp³-hybridized carbons (Fsp3) is 0.438. The van der Waals surface area contributed by atoms with Crippen molar-refractivity contribution in [3.63, 3.8) is 0 Å². The van der Waals surface area contributed by atoms with E-state index in [4.69, 9.17) is 9.26 Å². The van der Waals surface area contributed by atoms with Gasteiger partial charge in [0.1, 0.15) is 5.76 Å². The van der Waals surface area contributed by atoms with Crippen molar-refractivity contribution in [1.82, 2.24) is 19.8 Å². The van der Waals surface area contributed by atoms with Crippen LogP contribution in [0.1, 0.15) is 21.9 Å². The van der Waals surface area contributed by atoms with Crippen LogP contribution in [-0.4, -0.2) is 45.5 Å². The van der Waals surface area contributed by atoms with Gasteiger partial charge in [0.2, 0.25) is 0 Å². The summed E-state index contributed by atoms with van der Waals surface area (Å²) in [5, 5.41) is 8.17. The van der Waals surface area contributed by atoms with Gasteiger partial charge in [0.15, 0.2) is 5.69 Å². The van der Waals surface area contributed by atoms with Crippen molar-refractivity contribution in [3.05, 3.63) is 48.1 Å². The van der Waals surface area contributed by atoms with E-state index in [1.807, 2.05) is 10.7 Å². The molecule has 1 unspecified atom stereocenters. The molecule has 1 atom stereocenters. The Hall–Kier alpha value is -2.41. The van der Waals surface area contributed by atoms with Crippen LogP contribution in [0.2, 0.25) is 0 Å². The smallest absolute Gasteiger partial charge is 0.276 e. The van der Waals surface area contributed by atoms with Gasteiger partial charge in [0.05, 0.1) is 25.5 Å². The second-order valence-electron chi connectivity index (χ2n) is 5.71. The molecule has 23 heavy (non-hydrogen) atoms. The molecule has 0 saturated heterocycles. The maximum atomic E-state index is 12.7. The van der Waals surface area contributed by atoms with Crippen molar-refractivity contribution in [2.24, 2.45) is 5.92 Å². The lowest BCUT2D eigenvalue weighted by molar-refractivity contribution is 0.0628. The average Bonchev–Trinajstić information content (AvgIpc) is 3.12. The van der Waals surface area contributed by atoms with Crippen LogP contribution in [0.25, 0.3) is 0 Å². The standard InChI is InChI=1S/C16H20N4O3/c1-3-6-22-11-13-8-19(10-14-4-5-17-20(14)9-13)16(21)15-7-12(2)23-18-15/h3-5,7,13H,1,6,8-11H2,2H3. The van der Waals surface area contributed by atoms with E-state index in [0.717, 1.165) is 12.2 Å². The predicted octanol–water partition coefficient (Wildman–Crippen LogP) is 1.65. The van der Waals surface area contributed by atoms with E-state index in [2.05, 4.69) is 16.8 Å². The fourth-order valence-corrected chi connectivity index (χ4v) is 2.74. The maximum absolute atomic E-state index is 12.7. The van der Waals surface area contributed by atoms with E-state index in [0.29, 0.717) is 37.8 Å². The van der Waals surface area contributed by atoms with Crippen LogP contribution in [0.15, 0.2) is 35.5 Å². The molecule has 0 radical (unpaired) electrons.